The summed E-state index contributed by atoms with van der Waals surface area (Å²) in [6.07, 6.45) is -2.03. The van der Waals surface area contributed by atoms with Crippen LogP contribution in [0.2, 0.25) is 5.02 Å². The van der Waals surface area contributed by atoms with Gasteiger partial charge >= 0.3 is 6.18 Å². The lowest BCUT2D eigenvalue weighted by Gasteiger charge is -2.23. The van der Waals surface area contributed by atoms with E-state index in [0.29, 0.717) is 34.9 Å². The summed E-state index contributed by atoms with van der Waals surface area (Å²) in [5.74, 6) is -0.0195. The Morgan fingerprint density at radius 1 is 1.18 bits per heavy atom. The number of carbonyl (C=O) groups excluding carboxylic acids is 2. The zero-order chi connectivity index (χ0) is 24.2. The number of amides is 1. The smallest absolute Gasteiger partial charge is 0.382 e. The predicted molar refractivity (Wildman–Crippen MR) is 122 cm³/mol. The Morgan fingerprint density at radius 3 is 2.58 bits per heavy atom. The van der Waals surface area contributed by atoms with Crippen LogP contribution in [-0.4, -0.2) is 28.4 Å². The van der Waals surface area contributed by atoms with Crippen LogP contribution in [0.25, 0.3) is 10.9 Å². The molecule has 2 aromatic rings. The molecule has 0 fully saturated rings. The molecule has 10 heteroatoms. The first-order chi connectivity index (χ1) is 15.5. The molecule has 1 atom stereocenters. The van der Waals surface area contributed by atoms with Crippen LogP contribution in [-0.2, 0) is 15.8 Å². The highest BCUT2D eigenvalue weighted by atomic mass is 35.5. The second-order valence-corrected chi connectivity index (χ2v) is 9.02. The highest BCUT2D eigenvalue weighted by Crippen LogP contribution is 2.35. The number of anilines is 1. The summed E-state index contributed by atoms with van der Waals surface area (Å²) in [5.41, 5.74) is 2.09. The molecule has 2 N–H and O–H groups in total. The predicted octanol–water partition coefficient (Wildman–Crippen LogP) is 5.74. The van der Waals surface area contributed by atoms with E-state index in [2.05, 4.69) is 34.7 Å². The first kappa shape index (κ1) is 25.0. The highest BCUT2D eigenvalue weighted by molar-refractivity contribution is 6.40. The number of rotatable bonds is 9. The Balaban J connectivity index is 1.85. The van der Waals surface area contributed by atoms with E-state index in [-0.39, 0.29) is 48.2 Å². The summed E-state index contributed by atoms with van der Waals surface area (Å²) in [6, 6.07) is 5.28. The van der Waals surface area contributed by atoms with Crippen LogP contribution in [0.3, 0.4) is 0 Å². The molecule has 1 aliphatic heterocycles. The number of aromatic nitrogens is 1. The van der Waals surface area contributed by atoms with E-state index in [1.807, 2.05) is 0 Å². The number of halogens is 4. The van der Waals surface area contributed by atoms with Crippen LogP contribution in [0.15, 0.2) is 29.4 Å². The lowest BCUT2D eigenvalue weighted by molar-refractivity contribution is -0.141. The molecule has 0 saturated heterocycles. The average Bonchev–Trinajstić information content (AvgIpc) is 2.75. The first-order valence-corrected chi connectivity index (χ1v) is 11.2. The molecule has 33 heavy (non-hydrogen) atoms. The van der Waals surface area contributed by atoms with Crippen molar-refractivity contribution in [3.05, 3.63) is 35.0 Å². The van der Waals surface area contributed by atoms with Gasteiger partial charge in [0.2, 0.25) is 5.91 Å². The third kappa shape index (κ3) is 6.90. The van der Waals surface area contributed by atoms with Crippen molar-refractivity contribution in [3.8, 4) is 0 Å². The summed E-state index contributed by atoms with van der Waals surface area (Å²) < 4.78 is 40.3. The van der Waals surface area contributed by atoms with Gasteiger partial charge in [-0.15, -0.1) is 0 Å². The van der Waals surface area contributed by atoms with Gasteiger partial charge in [0.1, 0.15) is 11.4 Å². The average molecular weight is 483 g/mol. The van der Waals surface area contributed by atoms with E-state index in [9.17, 15) is 22.8 Å². The minimum atomic E-state index is -4.60. The van der Waals surface area contributed by atoms with Crippen LogP contribution in [0.5, 0.6) is 0 Å². The van der Waals surface area contributed by atoms with Crippen LogP contribution in [0.4, 0.5) is 18.9 Å². The third-order valence-corrected chi connectivity index (χ3v) is 5.69. The van der Waals surface area contributed by atoms with Gasteiger partial charge in [-0.25, -0.2) is 10.4 Å². The van der Waals surface area contributed by atoms with Crippen LogP contribution in [0.1, 0.15) is 58.1 Å². The summed E-state index contributed by atoms with van der Waals surface area (Å²) in [7, 11) is 0. The topological polar surface area (TPSA) is 83.5 Å². The minimum absolute atomic E-state index is 0.167. The molecule has 1 aromatic heterocycles. The number of hydrogen-bond donors (Lipinski definition) is 2. The quantitative estimate of drug-likeness (QED) is 0.477. The molecule has 0 aliphatic carbocycles. The monoisotopic (exact) mass is 482 g/mol. The minimum Gasteiger partial charge on any atom is -0.382 e. The summed E-state index contributed by atoms with van der Waals surface area (Å²) in [4.78, 5) is 27.5. The Kier molecular flexibility index (Phi) is 7.94. The lowest BCUT2D eigenvalue weighted by atomic mass is 9.96. The molecule has 1 aliphatic rings. The molecule has 1 aromatic carbocycles. The third-order valence-electron chi connectivity index (χ3n) is 5.46. The zero-order valence-corrected chi connectivity index (χ0v) is 19.2. The molecule has 6 nitrogen and oxygen atoms in total. The molecular weight excluding hydrogens is 457 g/mol. The van der Waals surface area contributed by atoms with E-state index in [0.717, 1.165) is 12.5 Å². The molecule has 1 amide bonds. The number of fused-ring (bicyclic) bond motifs is 1. The van der Waals surface area contributed by atoms with Gasteiger partial charge < -0.3 is 5.32 Å². The van der Waals surface area contributed by atoms with Crippen molar-refractivity contribution in [2.75, 3.05) is 5.32 Å². The zero-order valence-electron chi connectivity index (χ0n) is 18.4. The SMILES string of the molecule is CC(C)CCC(CCC(=O)C1=NNC(=O)CC1)Nc1cc(C(F)(F)F)nc2ccc(Cl)cc12. The number of hydrazone groups is 1. The molecule has 1 unspecified atom stereocenters. The number of ketones is 1. The number of hydrogen-bond acceptors (Lipinski definition) is 5. The summed E-state index contributed by atoms with van der Waals surface area (Å²) >= 11 is 6.09. The van der Waals surface area contributed by atoms with Gasteiger partial charge in [0.05, 0.1) is 5.52 Å². The van der Waals surface area contributed by atoms with Gasteiger partial charge in [0.15, 0.2) is 5.78 Å². The molecule has 0 spiro atoms. The summed E-state index contributed by atoms with van der Waals surface area (Å²) in [6.45, 7) is 4.12. The number of nitrogens with one attached hydrogen (secondary N) is 2. The van der Waals surface area contributed by atoms with Gasteiger partial charge in [-0.05, 0) is 49.4 Å². The number of carbonyl (C=O) groups is 2. The van der Waals surface area contributed by atoms with Gasteiger partial charge in [0, 0.05) is 41.4 Å². The molecule has 0 saturated carbocycles. The number of benzene rings is 1. The molecule has 2 heterocycles. The molecule has 0 radical (unpaired) electrons. The first-order valence-electron chi connectivity index (χ1n) is 10.9. The fourth-order valence-electron chi connectivity index (χ4n) is 3.63. The van der Waals surface area contributed by atoms with Crippen LogP contribution in [0, 0.1) is 5.92 Å². The molecule has 3 rings (SSSR count). The van der Waals surface area contributed by atoms with Crippen molar-refractivity contribution in [3.63, 3.8) is 0 Å². The second-order valence-electron chi connectivity index (χ2n) is 8.58. The van der Waals surface area contributed by atoms with Crippen molar-refractivity contribution >= 4 is 45.6 Å². The van der Waals surface area contributed by atoms with Gasteiger partial charge in [-0.1, -0.05) is 25.4 Å². The van der Waals surface area contributed by atoms with E-state index in [4.69, 9.17) is 11.6 Å². The van der Waals surface area contributed by atoms with Gasteiger partial charge in [0.25, 0.3) is 0 Å². The number of Topliss-reactive ketones (excluding diaryl/α,β-unsaturated/α-hetero) is 1. The Bertz CT molecular complexity index is 1070. The van der Waals surface area contributed by atoms with Crippen LogP contribution >= 0.6 is 11.6 Å². The van der Waals surface area contributed by atoms with Crippen molar-refractivity contribution in [1.82, 2.24) is 10.4 Å². The maximum atomic E-state index is 13.4. The number of alkyl halides is 3. The second kappa shape index (κ2) is 10.5. The maximum absolute atomic E-state index is 13.4. The van der Waals surface area contributed by atoms with Crippen molar-refractivity contribution < 1.29 is 22.8 Å². The van der Waals surface area contributed by atoms with E-state index >= 15 is 0 Å². The standard InChI is InChI=1S/C23H26ClF3N4O2/c1-13(2)3-5-15(6-9-20(32)18-8-10-22(33)31-30-18)28-19-12-21(23(25,26)27)29-17-7-4-14(24)11-16(17)19/h4,7,11-13,15H,3,5-6,8-10H2,1-2H3,(H,28,29)(H,31,33). The lowest BCUT2D eigenvalue weighted by Crippen LogP contribution is -2.30. The van der Waals surface area contributed by atoms with Gasteiger partial charge in [-0.3, -0.25) is 9.59 Å². The highest BCUT2D eigenvalue weighted by Gasteiger charge is 2.33. The fourth-order valence-corrected chi connectivity index (χ4v) is 3.80. The van der Waals surface area contributed by atoms with Crippen molar-refractivity contribution in [1.29, 1.82) is 0 Å². The maximum Gasteiger partial charge on any atom is 0.433 e. The van der Waals surface area contributed by atoms with E-state index in [1.165, 1.54) is 12.1 Å². The molecule has 178 valence electrons. The largest absolute Gasteiger partial charge is 0.433 e. The Hall–Kier alpha value is -2.68. The fraction of sp³-hybridized carbons (Fsp3) is 0.478. The number of pyridine rings is 1. The van der Waals surface area contributed by atoms with Crippen LogP contribution < -0.4 is 10.7 Å². The Labute approximate surface area is 195 Å². The molecular formula is C23H26ClF3N4O2. The Morgan fingerprint density at radius 2 is 1.94 bits per heavy atom. The normalized spacial score (nSPS) is 15.4. The van der Waals surface area contributed by atoms with Gasteiger partial charge in [-0.2, -0.15) is 18.3 Å². The van der Waals surface area contributed by atoms with E-state index in [1.54, 1.807) is 6.07 Å². The number of nitrogens with zero attached hydrogens (tertiary/aromatic N) is 2. The van der Waals surface area contributed by atoms with Crippen molar-refractivity contribution in [2.45, 2.75) is 64.6 Å². The molecule has 0 bridgehead atoms. The van der Waals surface area contributed by atoms with Crippen molar-refractivity contribution in [2.24, 2.45) is 11.0 Å². The van der Waals surface area contributed by atoms with E-state index < -0.39 is 11.9 Å². The summed E-state index contributed by atoms with van der Waals surface area (Å²) in [5, 5.41) is 7.93.